The topological polar surface area (TPSA) is 85.6 Å². The molecule has 0 N–H and O–H groups in total. The Morgan fingerprint density at radius 2 is 1.81 bits per heavy atom. The fourth-order valence-electron chi connectivity index (χ4n) is 3.53. The third kappa shape index (κ3) is 4.80. The molecule has 1 aliphatic carbocycles. The van der Waals surface area contributed by atoms with Crippen LogP contribution in [0.25, 0.3) is 0 Å². The van der Waals surface area contributed by atoms with E-state index in [-0.39, 0.29) is 13.0 Å². The number of para-hydroxylation sites is 1. The van der Waals surface area contributed by atoms with E-state index in [1.165, 1.54) is 0 Å². The highest BCUT2D eigenvalue weighted by Crippen LogP contribution is 2.65. The second-order valence-electron chi connectivity index (χ2n) is 8.15. The van der Waals surface area contributed by atoms with E-state index in [9.17, 15) is 19.2 Å². The summed E-state index contributed by atoms with van der Waals surface area (Å²) in [5.74, 6) is -1.97. The van der Waals surface area contributed by atoms with Gasteiger partial charge in [-0.05, 0) is 49.1 Å². The molecule has 2 aromatic rings. The number of ether oxygens (including phenoxy) is 3. The van der Waals surface area contributed by atoms with Crippen molar-refractivity contribution in [2.75, 3.05) is 6.61 Å². The van der Waals surface area contributed by atoms with E-state index in [0.717, 1.165) is 6.08 Å². The standard InChI is InChI=1S/C25H24FNO5/c1-4-30-22(28)20(26)14-25(16-24(25,2)3)23(29)32-21(15-27)17-9-8-12-19(13-17)31-18-10-6-5-7-11-18/h5-14,21H,4,16H2,1-3H3/t21-,25-/m1/s1. The smallest absolute Gasteiger partial charge is 0.366 e. The lowest BCUT2D eigenvalue weighted by molar-refractivity contribution is -0.152. The van der Waals surface area contributed by atoms with Crippen molar-refractivity contribution in [1.82, 2.24) is 0 Å². The van der Waals surface area contributed by atoms with Crippen LogP contribution in [0.4, 0.5) is 4.39 Å². The summed E-state index contributed by atoms with van der Waals surface area (Å²) in [6.45, 7) is 5.10. The first-order valence-corrected chi connectivity index (χ1v) is 10.2. The average Bonchev–Trinajstić information content (AvgIpc) is 3.34. The highest BCUT2D eigenvalue weighted by atomic mass is 19.1. The zero-order chi connectivity index (χ0) is 23.4. The lowest BCUT2D eigenvalue weighted by atomic mass is 9.95. The molecule has 0 aromatic heterocycles. The molecule has 2 atom stereocenters. The molecule has 1 fully saturated rings. The summed E-state index contributed by atoms with van der Waals surface area (Å²) in [5.41, 5.74) is -1.57. The number of esters is 2. The predicted molar refractivity (Wildman–Crippen MR) is 114 cm³/mol. The quantitative estimate of drug-likeness (QED) is 0.405. The molecule has 0 aliphatic heterocycles. The number of nitriles is 1. The van der Waals surface area contributed by atoms with Gasteiger partial charge in [-0.1, -0.05) is 44.2 Å². The predicted octanol–water partition coefficient (Wildman–Crippen LogP) is 5.42. The molecule has 7 heteroatoms. The van der Waals surface area contributed by atoms with E-state index in [1.807, 2.05) is 24.3 Å². The van der Waals surface area contributed by atoms with Gasteiger partial charge in [-0.3, -0.25) is 4.79 Å². The van der Waals surface area contributed by atoms with Crippen LogP contribution >= 0.6 is 0 Å². The van der Waals surface area contributed by atoms with Crippen molar-refractivity contribution >= 4 is 11.9 Å². The van der Waals surface area contributed by atoms with Gasteiger partial charge in [-0.15, -0.1) is 0 Å². The van der Waals surface area contributed by atoms with Gasteiger partial charge in [0.1, 0.15) is 17.6 Å². The summed E-state index contributed by atoms with van der Waals surface area (Å²) in [5, 5.41) is 9.63. The highest BCUT2D eigenvalue weighted by Gasteiger charge is 2.67. The molecule has 3 rings (SSSR count). The summed E-state index contributed by atoms with van der Waals surface area (Å²) in [6, 6.07) is 17.7. The Bertz CT molecular complexity index is 1070. The highest BCUT2D eigenvalue weighted by molar-refractivity contribution is 5.90. The van der Waals surface area contributed by atoms with Gasteiger partial charge in [0.25, 0.3) is 0 Å². The molecule has 0 unspecified atom stereocenters. The maximum absolute atomic E-state index is 14.3. The number of hydrogen-bond acceptors (Lipinski definition) is 6. The molecule has 1 aliphatic rings. The fourth-order valence-corrected chi connectivity index (χ4v) is 3.53. The monoisotopic (exact) mass is 437 g/mol. The van der Waals surface area contributed by atoms with Crippen molar-refractivity contribution in [1.29, 1.82) is 5.26 Å². The molecule has 0 heterocycles. The maximum Gasteiger partial charge on any atom is 0.366 e. The third-order valence-electron chi connectivity index (χ3n) is 5.49. The van der Waals surface area contributed by atoms with Gasteiger partial charge in [0.15, 0.2) is 0 Å². The number of halogens is 1. The van der Waals surface area contributed by atoms with Crippen LogP contribution in [0.5, 0.6) is 11.5 Å². The molecule has 32 heavy (non-hydrogen) atoms. The number of carbonyl (C=O) groups excluding carboxylic acids is 2. The minimum atomic E-state index is -1.35. The van der Waals surface area contributed by atoms with Gasteiger partial charge in [-0.2, -0.15) is 9.65 Å². The fraction of sp³-hybridized carbons (Fsp3) is 0.320. The van der Waals surface area contributed by atoms with Crippen LogP contribution in [-0.2, 0) is 19.1 Å². The van der Waals surface area contributed by atoms with Gasteiger partial charge >= 0.3 is 11.9 Å². The minimum Gasteiger partial charge on any atom is -0.461 e. The summed E-state index contributed by atoms with van der Waals surface area (Å²) in [4.78, 5) is 24.7. The van der Waals surface area contributed by atoms with E-state index < -0.39 is 34.7 Å². The molecule has 2 aromatic carbocycles. The van der Waals surface area contributed by atoms with Crippen molar-refractivity contribution in [3.8, 4) is 17.6 Å². The summed E-state index contributed by atoms with van der Waals surface area (Å²) < 4.78 is 30.2. The van der Waals surface area contributed by atoms with Crippen LogP contribution in [0, 0.1) is 22.2 Å². The van der Waals surface area contributed by atoms with Crippen molar-refractivity contribution in [3.05, 3.63) is 72.1 Å². The molecule has 0 spiro atoms. The zero-order valence-corrected chi connectivity index (χ0v) is 18.1. The average molecular weight is 437 g/mol. The Morgan fingerprint density at radius 3 is 2.41 bits per heavy atom. The lowest BCUT2D eigenvalue weighted by Gasteiger charge is -2.19. The molecule has 0 radical (unpaired) electrons. The van der Waals surface area contributed by atoms with Crippen LogP contribution in [0.15, 0.2) is 66.5 Å². The van der Waals surface area contributed by atoms with Gasteiger partial charge in [0.05, 0.1) is 12.0 Å². The summed E-state index contributed by atoms with van der Waals surface area (Å²) in [7, 11) is 0. The molecule has 1 saturated carbocycles. The van der Waals surface area contributed by atoms with Crippen molar-refractivity contribution in [3.63, 3.8) is 0 Å². The second kappa shape index (κ2) is 9.23. The number of rotatable bonds is 8. The first-order chi connectivity index (χ1) is 15.2. The van der Waals surface area contributed by atoms with Crippen LogP contribution in [-0.4, -0.2) is 18.5 Å². The SMILES string of the molecule is CCOC(=O)C(F)=C[C@]1(C(=O)O[C@H](C#N)c2cccc(Oc3ccccc3)c2)CC1(C)C. The van der Waals surface area contributed by atoms with Gasteiger partial charge in [0, 0.05) is 5.56 Å². The normalized spacial score (nSPS) is 19.9. The Hall–Kier alpha value is -3.66. The molecule has 166 valence electrons. The van der Waals surface area contributed by atoms with Gasteiger partial charge in [0.2, 0.25) is 11.9 Å². The largest absolute Gasteiger partial charge is 0.461 e. The molecule has 0 saturated heterocycles. The molecular formula is C25H24FNO5. The van der Waals surface area contributed by atoms with E-state index >= 15 is 0 Å². The first kappa shape index (κ1) is 23.0. The first-order valence-electron chi connectivity index (χ1n) is 10.2. The molecule has 6 nitrogen and oxygen atoms in total. The maximum atomic E-state index is 14.3. The van der Waals surface area contributed by atoms with Gasteiger partial charge < -0.3 is 14.2 Å². The Labute approximate surface area is 186 Å². The Kier molecular flexibility index (Phi) is 6.64. The molecule has 0 amide bonds. The number of nitrogens with zero attached hydrogens (tertiary/aromatic N) is 1. The van der Waals surface area contributed by atoms with Crippen molar-refractivity contribution in [2.45, 2.75) is 33.3 Å². The molecular weight excluding hydrogens is 413 g/mol. The third-order valence-corrected chi connectivity index (χ3v) is 5.49. The summed E-state index contributed by atoms with van der Waals surface area (Å²) >= 11 is 0. The van der Waals surface area contributed by atoms with Gasteiger partial charge in [-0.25, -0.2) is 4.79 Å². The van der Waals surface area contributed by atoms with Crippen molar-refractivity contribution < 1.29 is 28.2 Å². The van der Waals surface area contributed by atoms with Crippen LogP contribution in [0.2, 0.25) is 0 Å². The van der Waals surface area contributed by atoms with E-state index in [1.54, 1.807) is 57.2 Å². The second-order valence-corrected chi connectivity index (χ2v) is 8.15. The number of benzene rings is 2. The lowest BCUT2D eigenvalue weighted by Crippen LogP contribution is -2.25. The number of carbonyl (C=O) groups is 2. The molecule has 0 bridgehead atoms. The van der Waals surface area contributed by atoms with Crippen molar-refractivity contribution in [2.24, 2.45) is 10.8 Å². The zero-order valence-electron chi connectivity index (χ0n) is 18.1. The van der Waals surface area contributed by atoms with E-state index in [0.29, 0.717) is 17.1 Å². The minimum absolute atomic E-state index is 0.0127. The number of hydrogen-bond donors (Lipinski definition) is 0. The van der Waals surface area contributed by atoms with Crippen LogP contribution in [0.1, 0.15) is 38.9 Å². The van der Waals surface area contributed by atoms with Crippen LogP contribution < -0.4 is 4.74 Å². The van der Waals surface area contributed by atoms with E-state index in [2.05, 4.69) is 4.74 Å². The Balaban J connectivity index is 1.80. The summed E-state index contributed by atoms with van der Waals surface area (Å²) in [6.07, 6.45) is 0.00616. The van der Waals surface area contributed by atoms with E-state index in [4.69, 9.17) is 9.47 Å². The Morgan fingerprint density at radius 1 is 1.16 bits per heavy atom. The van der Waals surface area contributed by atoms with Crippen LogP contribution in [0.3, 0.4) is 0 Å².